The topological polar surface area (TPSA) is 74.7 Å². The van der Waals surface area contributed by atoms with Crippen molar-refractivity contribution in [3.05, 3.63) is 57.8 Å². The van der Waals surface area contributed by atoms with Crippen molar-refractivity contribution in [1.82, 2.24) is 4.90 Å². The van der Waals surface area contributed by atoms with Gasteiger partial charge >= 0.3 is 5.97 Å². The largest absolute Gasteiger partial charge is 0.481 e. The molecule has 1 amide bonds. The summed E-state index contributed by atoms with van der Waals surface area (Å²) in [5.74, 6) is -2.15. The number of rotatable bonds is 7. The van der Waals surface area contributed by atoms with Gasteiger partial charge < -0.3 is 10.0 Å². The van der Waals surface area contributed by atoms with E-state index in [2.05, 4.69) is 0 Å². The lowest BCUT2D eigenvalue weighted by Gasteiger charge is -2.23. The third-order valence-electron chi connectivity index (χ3n) is 3.73. The van der Waals surface area contributed by atoms with Gasteiger partial charge in [-0.1, -0.05) is 31.2 Å². The molecule has 0 unspecified atom stereocenters. The van der Waals surface area contributed by atoms with Gasteiger partial charge in [-0.3, -0.25) is 14.4 Å². The molecule has 2 rings (SSSR count). The molecule has 5 nitrogen and oxygen atoms in total. The maximum atomic E-state index is 12.8. The van der Waals surface area contributed by atoms with Crippen LogP contribution in [0.5, 0.6) is 0 Å². The second kappa shape index (κ2) is 7.88. The van der Waals surface area contributed by atoms with Crippen molar-refractivity contribution in [2.24, 2.45) is 5.92 Å². The van der Waals surface area contributed by atoms with Crippen LogP contribution in [0.2, 0.25) is 0 Å². The molecule has 1 N–H and O–H groups in total. The Morgan fingerprint density at radius 3 is 2.33 bits per heavy atom. The number of thiophene rings is 1. The van der Waals surface area contributed by atoms with Crippen LogP contribution in [0, 0.1) is 5.92 Å². The van der Waals surface area contributed by atoms with Gasteiger partial charge in [-0.05, 0) is 24.4 Å². The van der Waals surface area contributed by atoms with Crippen LogP contribution in [0.4, 0.5) is 0 Å². The van der Waals surface area contributed by atoms with E-state index in [1.807, 2.05) is 5.38 Å². The summed E-state index contributed by atoms with van der Waals surface area (Å²) in [7, 11) is 0. The van der Waals surface area contributed by atoms with Gasteiger partial charge in [0.2, 0.25) is 5.78 Å². The molecule has 0 bridgehead atoms. The zero-order valence-corrected chi connectivity index (χ0v) is 14.4. The zero-order valence-electron chi connectivity index (χ0n) is 13.6. The molecule has 6 heteroatoms. The standard InChI is InChI=1S/C18H19NO4S/c1-3-19(11-12(2)18(22)23)17(21)14-8-5-4-7-13(14)16(20)15-9-6-10-24-15/h4-10,12H,3,11H2,1-2H3,(H,22,23)/t12-/m1/s1. The third kappa shape index (κ3) is 3.89. The first kappa shape index (κ1) is 17.9. The van der Waals surface area contributed by atoms with Crippen molar-refractivity contribution in [3.63, 3.8) is 0 Å². The van der Waals surface area contributed by atoms with Gasteiger partial charge in [-0.2, -0.15) is 0 Å². The fourth-order valence-corrected chi connectivity index (χ4v) is 3.02. The minimum atomic E-state index is -0.954. The number of amides is 1. The normalized spacial score (nSPS) is 11.8. The molecule has 126 valence electrons. The Bertz CT molecular complexity index is 739. The SMILES string of the molecule is CCN(C[C@@H](C)C(=O)O)C(=O)c1ccccc1C(=O)c1cccs1. The fraction of sp³-hybridized carbons (Fsp3) is 0.278. The number of aliphatic carboxylic acids is 1. The third-order valence-corrected chi connectivity index (χ3v) is 4.60. The summed E-state index contributed by atoms with van der Waals surface area (Å²) in [6.07, 6.45) is 0. The molecule has 2 aromatic rings. The zero-order chi connectivity index (χ0) is 17.7. The predicted molar refractivity (Wildman–Crippen MR) is 92.6 cm³/mol. The molecule has 24 heavy (non-hydrogen) atoms. The Balaban J connectivity index is 2.32. The lowest BCUT2D eigenvalue weighted by Crippen LogP contribution is -2.37. The number of carboxylic acid groups (broad SMARTS) is 1. The second-order valence-electron chi connectivity index (χ2n) is 5.44. The van der Waals surface area contributed by atoms with Gasteiger partial charge in [0.05, 0.1) is 16.4 Å². The van der Waals surface area contributed by atoms with E-state index < -0.39 is 11.9 Å². The first-order chi connectivity index (χ1) is 11.5. The Morgan fingerprint density at radius 1 is 1.12 bits per heavy atom. The van der Waals surface area contributed by atoms with Crippen molar-refractivity contribution in [2.45, 2.75) is 13.8 Å². The van der Waals surface area contributed by atoms with Crippen molar-refractivity contribution in [2.75, 3.05) is 13.1 Å². The molecule has 0 aliphatic carbocycles. The van der Waals surface area contributed by atoms with Crippen LogP contribution in [0.15, 0.2) is 41.8 Å². The lowest BCUT2D eigenvalue weighted by molar-refractivity contribution is -0.141. The van der Waals surface area contributed by atoms with Crippen LogP contribution in [0.3, 0.4) is 0 Å². The number of hydrogen-bond acceptors (Lipinski definition) is 4. The number of benzene rings is 1. The minimum Gasteiger partial charge on any atom is -0.481 e. The van der Waals surface area contributed by atoms with E-state index in [1.165, 1.54) is 16.2 Å². The summed E-state index contributed by atoms with van der Waals surface area (Å²) < 4.78 is 0. The highest BCUT2D eigenvalue weighted by atomic mass is 32.1. The highest BCUT2D eigenvalue weighted by Crippen LogP contribution is 2.20. The van der Waals surface area contributed by atoms with E-state index in [9.17, 15) is 14.4 Å². The summed E-state index contributed by atoms with van der Waals surface area (Å²) in [5, 5.41) is 10.9. The molecular weight excluding hydrogens is 326 g/mol. The van der Waals surface area contributed by atoms with Gasteiger partial charge in [0.1, 0.15) is 0 Å². The van der Waals surface area contributed by atoms with Crippen LogP contribution < -0.4 is 0 Å². The molecule has 0 spiro atoms. The van der Waals surface area contributed by atoms with Crippen molar-refractivity contribution < 1.29 is 19.5 Å². The van der Waals surface area contributed by atoms with E-state index in [4.69, 9.17) is 5.11 Å². The molecule has 0 saturated carbocycles. The Hall–Kier alpha value is -2.47. The lowest BCUT2D eigenvalue weighted by atomic mass is 10.0. The molecule has 1 aromatic heterocycles. The van der Waals surface area contributed by atoms with Gasteiger partial charge in [0, 0.05) is 18.7 Å². The molecular formula is C18H19NO4S. The highest BCUT2D eigenvalue weighted by molar-refractivity contribution is 7.12. The van der Waals surface area contributed by atoms with Crippen LogP contribution in [0.1, 0.15) is 39.4 Å². The second-order valence-corrected chi connectivity index (χ2v) is 6.38. The van der Waals surface area contributed by atoms with E-state index in [0.29, 0.717) is 22.5 Å². The average Bonchev–Trinajstić information content (AvgIpc) is 3.12. The maximum absolute atomic E-state index is 12.8. The number of ketones is 1. The van der Waals surface area contributed by atoms with Gasteiger partial charge in [-0.25, -0.2) is 0 Å². The molecule has 1 atom stereocenters. The number of carboxylic acids is 1. The van der Waals surface area contributed by atoms with Crippen LogP contribution in [-0.4, -0.2) is 40.8 Å². The van der Waals surface area contributed by atoms with E-state index >= 15 is 0 Å². The summed E-state index contributed by atoms with van der Waals surface area (Å²) >= 11 is 1.32. The Labute approximate surface area is 144 Å². The number of carbonyl (C=O) groups excluding carboxylic acids is 2. The highest BCUT2D eigenvalue weighted by Gasteiger charge is 2.24. The molecule has 1 aromatic carbocycles. The molecule has 0 saturated heterocycles. The van der Waals surface area contributed by atoms with E-state index in [0.717, 1.165) is 0 Å². The molecule has 0 aliphatic heterocycles. The van der Waals surface area contributed by atoms with Gasteiger partial charge in [-0.15, -0.1) is 11.3 Å². The maximum Gasteiger partial charge on any atom is 0.308 e. The number of carbonyl (C=O) groups is 3. The molecule has 0 fully saturated rings. The molecule has 1 heterocycles. The predicted octanol–water partition coefficient (Wildman–Crippen LogP) is 3.16. The first-order valence-corrected chi connectivity index (χ1v) is 8.53. The van der Waals surface area contributed by atoms with Crippen molar-refractivity contribution in [3.8, 4) is 0 Å². The summed E-state index contributed by atoms with van der Waals surface area (Å²) in [4.78, 5) is 38.5. The van der Waals surface area contributed by atoms with Crippen LogP contribution in [0.25, 0.3) is 0 Å². The average molecular weight is 345 g/mol. The minimum absolute atomic E-state index is 0.103. The first-order valence-electron chi connectivity index (χ1n) is 7.65. The summed E-state index contributed by atoms with van der Waals surface area (Å²) in [5.41, 5.74) is 0.640. The Kier molecular flexibility index (Phi) is 5.87. The van der Waals surface area contributed by atoms with Crippen LogP contribution >= 0.6 is 11.3 Å². The van der Waals surface area contributed by atoms with Crippen LogP contribution in [-0.2, 0) is 4.79 Å². The quantitative estimate of drug-likeness (QED) is 0.782. The summed E-state index contributed by atoms with van der Waals surface area (Å²) in [6.45, 7) is 3.82. The van der Waals surface area contributed by atoms with Gasteiger partial charge in [0.15, 0.2) is 0 Å². The van der Waals surface area contributed by atoms with Gasteiger partial charge in [0.25, 0.3) is 5.91 Å². The monoisotopic (exact) mass is 345 g/mol. The van der Waals surface area contributed by atoms with Crippen molar-refractivity contribution >= 4 is 29.0 Å². The summed E-state index contributed by atoms with van der Waals surface area (Å²) in [6, 6.07) is 10.2. The molecule has 0 aliphatic rings. The van der Waals surface area contributed by atoms with Crippen molar-refractivity contribution in [1.29, 1.82) is 0 Å². The number of hydrogen-bond donors (Lipinski definition) is 1. The fourth-order valence-electron chi connectivity index (χ4n) is 2.34. The smallest absolute Gasteiger partial charge is 0.308 e. The number of nitrogens with zero attached hydrogens (tertiary/aromatic N) is 1. The Morgan fingerprint density at radius 2 is 1.79 bits per heavy atom. The van der Waals surface area contributed by atoms with E-state index in [1.54, 1.807) is 50.2 Å². The molecule has 0 radical (unpaired) electrons. The van der Waals surface area contributed by atoms with E-state index in [-0.39, 0.29) is 18.2 Å².